The first-order valence-corrected chi connectivity index (χ1v) is 6.40. The number of nitrogens with zero attached hydrogens (tertiary/aromatic N) is 2. The quantitative estimate of drug-likeness (QED) is 0.722. The van der Waals surface area contributed by atoms with Crippen molar-refractivity contribution in [3.8, 4) is 5.69 Å². The van der Waals surface area contributed by atoms with Gasteiger partial charge in [0.15, 0.2) is 10.6 Å². The molecule has 1 aromatic heterocycles. The van der Waals surface area contributed by atoms with Crippen molar-refractivity contribution in [3.05, 3.63) is 40.9 Å². The van der Waals surface area contributed by atoms with Gasteiger partial charge in [0, 0.05) is 11.7 Å². The smallest absolute Gasteiger partial charge is 0.199 e. The Morgan fingerprint density at radius 3 is 2.72 bits per heavy atom. The van der Waals surface area contributed by atoms with Gasteiger partial charge in [-0.05, 0) is 37.7 Å². The van der Waals surface area contributed by atoms with Crippen LogP contribution in [0.4, 0.5) is 0 Å². The second kappa shape index (κ2) is 4.64. The zero-order valence-electron chi connectivity index (χ0n) is 10.1. The number of benzene rings is 1. The summed E-state index contributed by atoms with van der Waals surface area (Å²) in [6.07, 6.45) is 0.993. The van der Waals surface area contributed by atoms with E-state index in [0.717, 1.165) is 17.9 Å². The SMILES string of the molecule is CC1CC(c2n[nH]c(=S)n2-c2ccccc2)NN1. The van der Waals surface area contributed by atoms with E-state index in [0.29, 0.717) is 10.8 Å². The molecule has 1 aromatic carbocycles. The highest BCUT2D eigenvalue weighted by molar-refractivity contribution is 7.71. The Balaban J connectivity index is 2.05. The lowest BCUT2D eigenvalue weighted by Gasteiger charge is -2.11. The second-order valence-electron chi connectivity index (χ2n) is 4.54. The van der Waals surface area contributed by atoms with Crippen LogP contribution < -0.4 is 10.9 Å². The van der Waals surface area contributed by atoms with Crippen molar-refractivity contribution in [2.75, 3.05) is 0 Å². The standard InChI is InChI=1S/C12H15N5S/c1-8-7-10(14-13-8)11-15-16-12(18)17(11)9-5-3-2-4-6-9/h2-6,8,10,13-14H,7H2,1H3,(H,16,18). The Hall–Kier alpha value is -1.50. The average molecular weight is 261 g/mol. The minimum atomic E-state index is 0.174. The van der Waals surface area contributed by atoms with Crippen molar-refractivity contribution in [2.24, 2.45) is 0 Å². The third-order valence-electron chi connectivity index (χ3n) is 3.12. The Kier molecular flexibility index (Phi) is 2.99. The molecule has 1 aliphatic rings. The van der Waals surface area contributed by atoms with Crippen LogP contribution in [0.3, 0.4) is 0 Å². The van der Waals surface area contributed by atoms with Crippen molar-refractivity contribution in [1.82, 2.24) is 25.6 Å². The summed E-state index contributed by atoms with van der Waals surface area (Å²) in [7, 11) is 0. The molecule has 94 valence electrons. The van der Waals surface area contributed by atoms with Crippen LogP contribution in [0, 0.1) is 4.77 Å². The average Bonchev–Trinajstić information content (AvgIpc) is 2.96. The maximum absolute atomic E-state index is 5.32. The summed E-state index contributed by atoms with van der Waals surface area (Å²) in [5.74, 6) is 0.919. The van der Waals surface area contributed by atoms with Crippen LogP contribution in [0.1, 0.15) is 25.2 Å². The fourth-order valence-corrected chi connectivity index (χ4v) is 2.50. The summed E-state index contributed by atoms with van der Waals surface area (Å²) in [5, 5.41) is 7.23. The van der Waals surface area contributed by atoms with Gasteiger partial charge in [-0.25, -0.2) is 5.43 Å². The highest BCUT2D eigenvalue weighted by Gasteiger charge is 2.26. The molecule has 3 N–H and O–H groups in total. The van der Waals surface area contributed by atoms with Crippen molar-refractivity contribution in [2.45, 2.75) is 25.4 Å². The van der Waals surface area contributed by atoms with E-state index in [-0.39, 0.29) is 6.04 Å². The molecular weight excluding hydrogens is 246 g/mol. The molecule has 18 heavy (non-hydrogen) atoms. The Morgan fingerprint density at radius 2 is 2.06 bits per heavy atom. The first kappa shape index (κ1) is 11.6. The molecule has 6 heteroatoms. The highest BCUT2D eigenvalue weighted by atomic mass is 32.1. The third-order valence-corrected chi connectivity index (χ3v) is 3.39. The predicted octanol–water partition coefficient (Wildman–Crippen LogP) is 1.86. The summed E-state index contributed by atoms with van der Waals surface area (Å²) in [6.45, 7) is 2.14. The molecule has 2 heterocycles. The molecule has 5 nitrogen and oxygen atoms in total. The fraction of sp³-hybridized carbons (Fsp3) is 0.333. The summed E-state index contributed by atoms with van der Waals surface area (Å²) >= 11 is 5.32. The summed E-state index contributed by atoms with van der Waals surface area (Å²) < 4.78 is 2.60. The normalized spacial score (nSPS) is 23.4. The van der Waals surface area contributed by atoms with Crippen molar-refractivity contribution < 1.29 is 0 Å². The zero-order chi connectivity index (χ0) is 12.5. The lowest BCUT2D eigenvalue weighted by Crippen LogP contribution is -2.29. The van der Waals surface area contributed by atoms with Gasteiger partial charge >= 0.3 is 0 Å². The van der Waals surface area contributed by atoms with Crippen molar-refractivity contribution in [1.29, 1.82) is 0 Å². The molecule has 1 saturated heterocycles. The van der Waals surface area contributed by atoms with Crippen LogP contribution >= 0.6 is 12.2 Å². The minimum Gasteiger partial charge on any atom is -0.271 e. The van der Waals surface area contributed by atoms with E-state index in [2.05, 4.69) is 28.0 Å². The van der Waals surface area contributed by atoms with Gasteiger partial charge in [0.1, 0.15) is 0 Å². The fourth-order valence-electron chi connectivity index (χ4n) is 2.25. The molecule has 0 saturated carbocycles. The van der Waals surface area contributed by atoms with Gasteiger partial charge in [-0.15, -0.1) is 0 Å². The molecule has 2 atom stereocenters. The van der Waals surface area contributed by atoms with Gasteiger partial charge in [0.25, 0.3) is 0 Å². The largest absolute Gasteiger partial charge is 0.271 e. The molecule has 0 spiro atoms. The first-order chi connectivity index (χ1) is 8.75. The van der Waals surface area contributed by atoms with Crippen LogP contribution in [0.2, 0.25) is 0 Å². The Morgan fingerprint density at radius 1 is 1.28 bits per heavy atom. The van der Waals surface area contributed by atoms with Gasteiger partial charge in [-0.1, -0.05) is 18.2 Å². The molecule has 0 radical (unpaired) electrons. The number of aromatic nitrogens is 3. The molecule has 0 bridgehead atoms. The molecule has 1 aliphatic heterocycles. The van der Waals surface area contributed by atoms with Crippen LogP contribution in [-0.4, -0.2) is 20.8 Å². The van der Waals surface area contributed by atoms with Gasteiger partial charge < -0.3 is 0 Å². The molecular formula is C12H15N5S. The number of nitrogens with one attached hydrogen (secondary N) is 3. The van der Waals surface area contributed by atoms with E-state index in [9.17, 15) is 0 Å². The van der Waals surface area contributed by atoms with Gasteiger partial charge in [0.05, 0.1) is 6.04 Å². The number of hydrogen-bond donors (Lipinski definition) is 3. The number of hydrazine groups is 1. The number of hydrogen-bond acceptors (Lipinski definition) is 4. The maximum Gasteiger partial charge on any atom is 0.199 e. The molecule has 0 aliphatic carbocycles. The van der Waals surface area contributed by atoms with Gasteiger partial charge in [-0.2, -0.15) is 5.10 Å². The molecule has 0 amide bonds. The van der Waals surface area contributed by atoms with Crippen LogP contribution in [-0.2, 0) is 0 Å². The minimum absolute atomic E-state index is 0.174. The molecule has 1 fully saturated rings. The van der Waals surface area contributed by atoms with Crippen molar-refractivity contribution in [3.63, 3.8) is 0 Å². The lowest BCUT2D eigenvalue weighted by atomic mass is 10.1. The summed E-state index contributed by atoms with van der Waals surface area (Å²) in [5.41, 5.74) is 7.49. The highest BCUT2D eigenvalue weighted by Crippen LogP contribution is 2.22. The number of para-hydroxylation sites is 1. The Labute approximate surface area is 110 Å². The molecule has 3 rings (SSSR count). The topological polar surface area (TPSA) is 57.7 Å². The third kappa shape index (κ3) is 1.98. The van der Waals surface area contributed by atoms with Crippen LogP contribution in [0.5, 0.6) is 0 Å². The second-order valence-corrected chi connectivity index (χ2v) is 4.92. The number of rotatable bonds is 2. The zero-order valence-corrected chi connectivity index (χ0v) is 10.9. The summed E-state index contributed by atoms with van der Waals surface area (Å²) in [6, 6.07) is 10.6. The van der Waals surface area contributed by atoms with E-state index in [1.54, 1.807) is 0 Å². The molecule has 2 aromatic rings. The van der Waals surface area contributed by atoms with E-state index >= 15 is 0 Å². The van der Waals surface area contributed by atoms with Crippen molar-refractivity contribution >= 4 is 12.2 Å². The van der Waals surface area contributed by atoms with Crippen LogP contribution in [0.15, 0.2) is 30.3 Å². The van der Waals surface area contributed by atoms with E-state index in [4.69, 9.17) is 12.2 Å². The van der Waals surface area contributed by atoms with Gasteiger partial charge in [0.2, 0.25) is 0 Å². The summed E-state index contributed by atoms with van der Waals surface area (Å²) in [4.78, 5) is 0. The maximum atomic E-state index is 5.32. The van der Waals surface area contributed by atoms with E-state index in [1.807, 2.05) is 34.9 Å². The van der Waals surface area contributed by atoms with E-state index in [1.165, 1.54) is 0 Å². The van der Waals surface area contributed by atoms with E-state index < -0.39 is 0 Å². The number of H-pyrrole nitrogens is 1. The monoisotopic (exact) mass is 261 g/mol. The first-order valence-electron chi connectivity index (χ1n) is 5.99. The van der Waals surface area contributed by atoms with Gasteiger partial charge in [-0.3, -0.25) is 15.1 Å². The predicted molar refractivity (Wildman–Crippen MR) is 71.8 cm³/mol. The Bertz CT molecular complexity index is 588. The number of aromatic amines is 1. The van der Waals surface area contributed by atoms with Crippen LogP contribution in [0.25, 0.3) is 5.69 Å². The molecule has 2 unspecified atom stereocenters. The lowest BCUT2D eigenvalue weighted by molar-refractivity contribution is 0.537.